The number of hydrogen-bond acceptors (Lipinski definition) is 3. The fraction of sp³-hybridized carbons (Fsp3) is 0.833. The summed E-state index contributed by atoms with van der Waals surface area (Å²) >= 11 is 0. The van der Waals surface area contributed by atoms with Crippen molar-refractivity contribution in [2.24, 2.45) is 11.7 Å². The molecule has 2 unspecified atom stereocenters. The minimum absolute atomic E-state index is 0.0208. The lowest BCUT2D eigenvalue weighted by molar-refractivity contribution is -0.143. The Morgan fingerprint density at radius 3 is 2.78 bits per heavy atom. The molecule has 1 rings (SSSR count). The molecule has 3 heteroatoms. The van der Waals surface area contributed by atoms with Crippen LogP contribution in [0.4, 0.5) is 0 Å². The highest BCUT2D eigenvalue weighted by Gasteiger charge is 2.29. The van der Waals surface area contributed by atoms with E-state index >= 15 is 0 Å². The minimum Gasteiger partial charge on any atom is -0.461 e. The number of cyclic esters (lactones) is 1. The number of ether oxygens (including phenoxy) is 1. The lowest BCUT2D eigenvalue weighted by atomic mass is 10.1. The van der Waals surface area contributed by atoms with Gasteiger partial charge in [-0.1, -0.05) is 6.92 Å². The molecule has 2 N–H and O–H groups in total. The second-order valence-corrected chi connectivity index (χ2v) is 2.43. The van der Waals surface area contributed by atoms with Crippen LogP contribution in [-0.2, 0) is 9.53 Å². The van der Waals surface area contributed by atoms with Gasteiger partial charge in [0.1, 0.15) is 6.10 Å². The van der Waals surface area contributed by atoms with Gasteiger partial charge in [-0.2, -0.15) is 0 Å². The van der Waals surface area contributed by atoms with Gasteiger partial charge >= 0.3 is 5.97 Å². The number of esters is 1. The number of hydrogen-bond donors (Lipinski definition) is 1. The normalized spacial score (nSPS) is 34.7. The predicted molar refractivity (Wildman–Crippen MR) is 32.7 cm³/mol. The molecule has 2 atom stereocenters. The number of rotatable bonds is 1. The highest BCUT2D eigenvalue weighted by Crippen LogP contribution is 2.18. The van der Waals surface area contributed by atoms with Crippen LogP contribution in [0.3, 0.4) is 0 Å². The van der Waals surface area contributed by atoms with E-state index in [-0.39, 0.29) is 18.0 Å². The third-order valence-electron chi connectivity index (χ3n) is 1.56. The van der Waals surface area contributed by atoms with Crippen LogP contribution in [-0.4, -0.2) is 18.6 Å². The molecule has 0 bridgehead atoms. The van der Waals surface area contributed by atoms with Crippen molar-refractivity contribution >= 4 is 5.97 Å². The molecule has 0 aromatic rings. The molecule has 0 aromatic heterocycles. The Morgan fingerprint density at radius 2 is 2.56 bits per heavy atom. The van der Waals surface area contributed by atoms with Crippen molar-refractivity contribution in [1.82, 2.24) is 0 Å². The molecule has 3 nitrogen and oxygen atoms in total. The monoisotopic (exact) mass is 129 g/mol. The SMILES string of the molecule is CC1CC(CN)OC1=O. The highest BCUT2D eigenvalue weighted by atomic mass is 16.6. The molecule has 9 heavy (non-hydrogen) atoms. The summed E-state index contributed by atoms with van der Waals surface area (Å²) in [5.41, 5.74) is 5.28. The summed E-state index contributed by atoms with van der Waals surface area (Å²) < 4.78 is 4.86. The summed E-state index contributed by atoms with van der Waals surface area (Å²) in [5.74, 6) is -0.0519. The lowest BCUT2D eigenvalue weighted by Gasteiger charge is -2.01. The molecule has 0 aliphatic carbocycles. The first-order valence-electron chi connectivity index (χ1n) is 3.14. The van der Waals surface area contributed by atoms with E-state index in [1.54, 1.807) is 0 Å². The van der Waals surface area contributed by atoms with E-state index in [1.165, 1.54) is 0 Å². The summed E-state index contributed by atoms with van der Waals surface area (Å²) in [5, 5.41) is 0. The van der Waals surface area contributed by atoms with Crippen LogP contribution in [0.15, 0.2) is 0 Å². The van der Waals surface area contributed by atoms with Crippen LogP contribution in [0.2, 0.25) is 0 Å². The smallest absolute Gasteiger partial charge is 0.309 e. The summed E-state index contributed by atoms with van der Waals surface area (Å²) in [7, 11) is 0. The van der Waals surface area contributed by atoms with Crippen LogP contribution in [0.5, 0.6) is 0 Å². The zero-order chi connectivity index (χ0) is 6.85. The van der Waals surface area contributed by atoms with Gasteiger partial charge < -0.3 is 10.5 Å². The second-order valence-electron chi connectivity index (χ2n) is 2.43. The van der Waals surface area contributed by atoms with Gasteiger partial charge in [0.05, 0.1) is 5.92 Å². The molecular weight excluding hydrogens is 118 g/mol. The molecule has 0 radical (unpaired) electrons. The molecule has 0 saturated carbocycles. The van der Waals surface area contributed by atoms with Crippen molar-refractivity contribution in [3.8, 4) is 0 Å². The second kappa shape index (κ2) is 2.35. The Labute approximate surface area is 54.2 Å². The number of nitrogens with two attached hydrogens (primary N) is 1. The maximum atomic E-state index is 10.7. The quantitative estimate of drug-likeness (QED) is 0.503. The third-order valence-corrected chi connectivity index (χ3v) is 1.56. The average Bonchev–Trinajstić information content (AvgIpc) is 2.13. The van der Waals surface area contributed by atoms with Crippen LogP contribution in [0, 0.1) is 5.92 Å². The Hall–Kier alpha value is -0.570. The van der Waals surface area contributed by atoms with Gasteiger partial charge in [0, 0.05) is 6.54 Å². The average molecular weight is 129 g/mol. The Balaban J connectivity index is 2.44. The van der Waals surface area contributed by atoms with E-state index in [9.17, 15) is 4.79 Å². The number of carbonyl (C=O) groups is 1. The van der Waals surface area contributed by atoms with Gasteiger partial charge in [0.25, 0.3) is 0 Å². The van der Waals surface area contributed by atoms with Crippen molar-refractivity contribution in [2.75, 3.05) is 6.54 Å². The number of carbonyl (C=O) groups excluding carboxylic acids is 1. The van der Waals surface area contributed by atoms with Crippen LogP contribution in [0.1, 0.15) is 13.3 Å². The fourth-order valence-corrected chi connectivity index (χ4v) is 0.963. The van der Waals surface area contributed by atoms with E-state index < -0.39 is 0 Å². The van der Waals surface area contributed by atoms with Gasteiger partial charge in [0.2, 0.25) is 0 Å². The molecule has 0 spiro atoms. The van der Waals surface area contributed by atoms with Crippen molar-refractivity contribution in [3.05, 3.63) is 0 Å². The molecule has 1 fully saturated rings. The molecule has 52 valence electrons. The maximum absolute atomic E-state index is 10.7. The van der Waals surface area contributed by atoms with Gasteiger partial charge in [0.15, 0.2) is 0 Å². The Kier molecular flexibility index (Phi) is 1.71. The summed E-state index contributed by atoms with van der Waals surface area (Å²) in [6, 6.07) is 0. The Bertz CT molecular complexity index is 124. The van der Waals surface area contributed by atoms with Crippen LogP contribution in [0.25, 0.3) is 0 Å². The van der Waals surface area contributed by atoms with Crippen LogP contribution < -0.4 is 5.73 Å². The van der Waals surface area contributed by atoms with E-state index in [2.05, 4.69) is 0 Å². The fourth-order valence-electron chi connectivity index (χ4n) is 0.963. The molecule has 0 amide bonds. The van der Waals surface area contributed by atoms with E-state index in [1.807, 2.05) is 6.92 Å². The standard InChI is InChI=1S/C6H11NO2/c1-4-2-5(3-7)9-6(4)8/h4-5H,2-3,7H2,1H3. The van der Waals surface area contributed by atoms with Gasteiger partial charge in [-0.15, -0.1) is 0 Å². The molecule has 1 aliphatic rings. The molecule has 0 aromatic carbocycles. The zero-order valence-electron chi connectivity index (χ0n) is 5.46. The summed E-state index contributed by atoms with van der Waals surface area (Å²) in [6.07, 6.45) is 0.766. The van der Waals surface area contributed by atoms with Crippen LogP contribution >= 0.6 is 0 Å². The van der Waals surface area contributed by atoms with Crippen molar-refractivity contribution < 1.29 is 9.53 Å². The molecule has 1 aliphatic heterocycles. The summed E-state index contributed by atoms with van der Waals surface area (Å²) in [4.78, 5) is 10.7. The molecule has 1 saturated heterocycles. The predicted octanol–water partition coefficient (Wildman–Crippen LogP) is -0.103. The highest BCUT2D eigenvalue weighted by molar-refractivity contribution is 5.74. The van der Waals surface area contributed by atoms with Gasteiger partial charge in [-0.25, -0.2) is 0 Å². The third kappa shape index (κ3) is 1.21. The first-order valence-corrected chi connectivity index (χ1v) is 3.14. The molecule has 1 heterocycles. The lowest BCUT2D eigenvalue weighted by Crippen LogP contribution is -2.18. The zero-order valence-corrected chi connectivity index (χ0v) is 5.46. The largest absolute Gasteiger partial charge is 0.461 e. The van der Waals surface area contributed by atoms with Crippen molar-refractivity contribution in [1.29, 1.82) is 0 Å². The molecular formula is C6H11NO2. The minimum atomic E-state index is -0.106. The van der Waals surface area contributed by atoms with Gasteiger partial charge in [-0.3, -0.25) is 4.79 Å². The first-order chi connectivity index (χ1) is 4.24. The van der Waals surface area contributed by atoms with E-state index in [0.717, 1.165) is 6.42 Å². The summed E-state index contributed by atoms with van der Waals surface area (Å²) in [6.45, 7) is 2.31. The maximum Gasteiger partial charge on any atom is 0.309 e. The van der Waals surface area contributed by atoms with E-state index in [4.69, 9.17) is 10.5 Å². The topological polar surface area (TPSA) is 52.3 Å². The van der Waals surface area contributed by atoms with Crippen molar-refractivity contribution in [2.45, 2.75) is 19.4 Å². The first kappa shape index (κ1) is 6.55. The van der Waals surface area contributed by atoms with Gasteiger partial charge in [-0.05, 0) is 6.42 Å². The van der Waals surface area contributed by atoms with Crippen molar-refractivity contribution in [3.63, 3.8) is 0 Å². The Morgan fingerprint density at radius 1 is 1.89 bits per heavy atom. The van der Waals surface area contributed by atoms with E-state index in [0.29, 0.717) is 6.54 Å².